The van der Waals surface area contributed by atoms with E-state index in [0.717, 1.165) is 36.1 Å². The Balaban J connectivity index is 1.46. The number of ether oxygens (including phenoxy) is 1. The lowest BCUT2D eigenvalue weighted by Crippen LogP contribution is -2.52. The number of hydrogen-bond acceptors (Lipinski definition) is 6. The van der Waals surface area contributed by atoms with Crippen LogP contribution in [0.4, 0.5) is 22.0 Å². The van der Waals surface area contributed by atoms with Gasteiger partial charge in [0.25, 0.3) is 0 Å². The Hall–Kier alpha value is -4.20. The molecule has 1 aromatic heterocycles. The molecule has 4 N–H and O–H groups in total. The average molecular weight is 497 g/mol. The first kappa shape index (κ1) is 24.5. The molecule has 1 amide bonds. The maximum absolute atomic E-state index is 12.5. The van der Waals surface area contributed by atoms with Crippen molar-refractivity contribution < 1.29 is 9.53 Å². The van der Waals surface area contributed by atoms with Crippen molar-refractivity contribution >= 4 is 35.0 Å². The molecule has 2 aliphatic rings. The van der Waals surface area contributed by atoms with Gasteiger partial charge >= 0.3 is 6.09 Å². The molecule has 1 aliphatic heterocycles. The lowest BCUT2D eigenvalue weighted by atomic mass is 9.72. The number of alkyl carbamates (subject to hydrolysis) is 1. The number of carbonyl (C=O) groups is 1. The van der Waals surface area contributed by atoms with Crippen molar-refractivity contribution in [1.82, 2.24) is 10.3 Å². The first-order chi connectivity index (χ1) is 17.6. The topological polar surface area (TPSA) is 114 Å². The maximum atomic E-state index is 12.5. The second-order valence-electron chi connectivity index (χ2n) is 10.7. The summed E-state index contributed by atoms with van der Waals surface area (Å²) >= 11 is 0. The molecule has 3 aromatic rings. The third-order valence-corrected chi connectivity index (χ3v) is 6.82. The highest BCUT2D eigenvalue weighted by Crippen LogP contribution is 2.42. The molecule has 190 valence electrons. The zero-order valence-electron chi connectivity index (χ0n) is 21.6. The van der Waals surface area contributed by atoms with Crippen LogP contribution in [-0.4, -0.2) is 28.3 Å². The van der Waals surface area contributed by atoms with Gasteiger partial charge in [0.15, 0.2) is 5.82 Å². The number of rotatable bonds is 3. The molecule has 0 spiro atoms. The van der Waals surface area contributed by atoms with Crippen LogP contribution in [0, 0.1) is 17.7 Å². The Morgan fingerprint density at radius 2 is 1.86 bits per heavy atom. The lowest BCUT2D eigenvalue weighted by molar-refractivity contribution is 0.0377. The molecule has 8 nitrogen and oxygen atoms in total. The molecular formula is C29H32N6O2. The molecule has 2 aromatic carbocycles. The van der Waals surface area contributed by atoms with Crippen LogP contribution in [0.5, 0.6) is 0 Å². The zero-order valence-corrected chi connectivity index (χ0v) is 21.6. The molecule has 1 aliphatic carbocycles. The van der Waals surface area contributed by atoms with Crippen molar-refractivity contribution in [1.29, 1.82) is 10.8 Å². The van der Waals surface area contributed by atoms with E-state index < -0.39 is 17.2 Å². The Morgan fingerprint density at radius 3 is 2.51 bits per heavy atom. The van der Waals surface area contributed by atoms with Gasteiger partial charge < -0.3 is 15.4 Å². The van der Waals surface area contributed by atoms with Crippen LogP contribution < -0.4 is 15.5 Å². The monoisotopic (exact) mass is 496 g/mol. The van der Waals surface area contributed by atoms with Crippen LogP contribution in [0.15, 0.2) is 60.8 Å². The number of anilines is 3. The number of amidine groups is 2. The number of amides is 1. The summed E-state index contributed by atoms with van der Waals surface area (Å²) in [5.41, 5.74) is 3.76. The minimum absolute atomic E-state index is 0.171. The molecule has 0 atom stereocenters. The molecule has 0 bridgehead atoms. The van der Waals surface area contributed by atoms with Crippen LogP contribution in [0.1, 0.15) is 62.3 Å². The summed E-state index contributed by atoms with van der Waals surface area (Å²) in [4.78, 5) is 18.6. The standard InChI is InChI=1S/C29H32N6O2/c1-18-8-13-22-21(17-18)25(31)35(23-7-5-16-32-26(23)33-22)24(30)19-9-11-20(12-10-19)29(14-6-15-29)34-27(36)37-28(2,3)4/h5,7-13,16-17,30-31H,6,14-15H2,1-4H3,(H,32,33)(H,34,36). The van der Waals surface area contributed by atoms with Crippen LogP contribution in [0.25, 0.3) is 0 Å². The summed E-state index contributed by atoms with van der Waals surface area (Å²) in [6.45, 7) is 7.54. The predicted octanol–water partition coefficient (Wildman–Crippen LogP) is 6.21. The molecule has 1 saturated carbocycles. The number of aryl methyl sites for hydroxylation is 1. The van der Waals surface area contributed by atoms with Gasteiger partial charge in [-0.15, -0.1) is 0 Å². The largest absolute Gasteiger partial charge is 0.444 e. The molecule has 0 saturated heterocycles. The van der Waals surface area contributed by atoms with Gasteiger partial charge in [0, 0.05) is 17.3 Å². The fourth-order valence-corrected chi connectivity index (χ4v) is 4.83. The van der Waals surface area contributed by atoms with E-state index in [0.29, 0.717) is 22.6 Å². The Kier molecular flexibility index (Phi) is 5.98. The van der Waals surface area contributed by atoms with Gasteiger partial charge in [-0.05, 0) is 76.8 Å². The third-order valence-electron chi connectivity index (χ3n) is 6.82. The van der Waals surface area contributed by atoms with E-state index in [1.54, 1.807) is 17.2 Å². The van der Waals surface area contributed by atoms with Crippen LogP contribution >= 0.6 is 0 Å². The third kappa shape index (κ3) is 4.67. The first-order valence-corrected chi connectivity index (χ1v) is 12.5. The highest BCUT2D eigenvalue weighted by Gasteiger charge is 2.41. The van der Waals surface area contributed by atoms with Crippen molar-refractivity contribution in [2.45, 2.75) is 58.1 Å². The number of hydrogen-bond donors (Lipinski definition) is 4. The van der Waals surface area contributed by atoms with Gasteiger partial charge in [-0.3, -0.25) is 15.7 Å². The summed E-state index contributed by atoms with van der Waals surface area (Å²) in [7, 11) is 0. The molecule has 2 heterocycles. The summed E-state index contributed by atoms with van der Waals surface area (Å²) in [6, 6.07) is 17.2. The predicted molar refractivity (Wildman–Crippen MR) is 146 cm³/mol. The van der Waals surface area contributed by atoms with Crippen molar-refractivity contribution in [3.63, 3.8) is 0 Å². The van der Waals surface area contributed by atoms with E-state index in [2.05, 4.69) is 15.6 Å². The van der Waals surface area contributed by atoms with Crippen LogP contribution in [0.2, 0.25) is 0 Å². The van der Waals surface area contributed by atoms with Crippen molar-refractivity contribution in [3.8, 4) is 0 Å². The zero-order chi connectivity index (χ0) is 26.4. The lowest BCUT2D eigenvalue weighted by Gasteiger charge is -2.43. The minimum Gasteiger partial charge on any atom is -0.444 e. The smallest absolute Gasteiger partial charge is 0.408 e. The van der Waals surface area contributed by atoms with E-state index in [1.165, 1.54) is 0 Å². The molecule has 37 heavy (non-hydrogen) atoms. The number of aromatic nitrogens is 1. The Bertz CT molecular complexity index is 1390. The minimum atomic E-state index is -0.567. The number of benzene rings is 2. The highest BCUT2D eigenvalue weighted by atomic mass is 16.6. The van der Waals surface area contributed by atoms with Crippen molar-refractivity contribution in [2.75, 3.05) is 10.2 Å². The fourth-order valence-electron chi connectivity index (χ4n) is 4.83. The first-order valence-electron chi connectivity index (χ1n) is 12.5. The Morgan fingerprint density at radius 1 is 1.14 bits per heavy atom. The van der Waals surface area contributed by atoms with Gasteiger partial charge in [0.2, 0.25) is 0 Å². The summed E-state index contributed by atoms with van der Waals surface area (Å²) in [5.74, 6) is 0.963. The molecule has 1 fully saturated rings. The summed E-state index contributed by atoms with van der Waals surface area (Å²) in [6.07, 6.45) is 3.96. The second kappa shape index (κ2) is 9.03. The molecule has 0 unspecified atom stereocenters. The van der Waals surface area contributed by atoms with Crippen LogP contribution in [-0.2, 0) is 10.3 Å². The van der Waals surface area contributed by atoms with Gasteiger partial charge in [0.05, 0.1) is 16.9 Å². The van der Waals surface area contributed by atoms with Crippen molar-refractivity contribution in [3.05, 3.63) is 83.0 Å². The van der Waals surface area contributed by atoms with Gasteiger partial charge in [0.1, 0.15) is 17.3 Å². The van der Waals surface area contributed by atoms with Crippen LogP contribution in [0.3, 0.4) is 0 Å². The summed E-state index contributed by atoms with van der Waals surface area (Å²) < 4.78 is 5.50. The number of carbonyl (C=O) groups excluding carboxylic acids is 1. The van der Waals surface area contributed by atoms with E-state index in [9.17, 15) is 4.79 Å². The fraction of sp³-hybridized carbons (Fsp3) is 0.310. The maximum Gasteiger partial charge on any atom is 0.408 e. The summed E-state index contributed by atoms with van der Waals surface area (Å²) in [5, 5.41) is 24.6. The van der Waals surface area contributed by atoms with E-state index in [4.69, 9.17) is 15.6 Å². The van der Waals surface area contributed by atoms with E-state index >= 15 is 0 Å². The van der Waals surface area contributed by atoms with Gasteiger partial charge in [-0.2, -0.15) is 0 Å². The number of nitrogens with zero attached hydrogens (tertiary/aromatic N) is 2. The number of pyridine rings is 1. The van der Waals surface area contributed by atoms with Crippen molar-refractivity contribution in [2.24, 2.45) is 0 Å². The van der Waals surface area contributed by atoms with E-state index in [-0.39, 0.29) is 11.7 Å². The normalized spacial score (nSPS) is 15.9. The Labute approximate surface area is 217 Å². The van der Waals surface area contributed by atoms with E-state index in [1.807, 2.05) is 76.2 Å². The molecule has 0 radical (unpaired) electrons. The average Bonchev–Trinajstić information content (AvgIpc) is 2.94. The number of fused-ring (bicyclic) bond motifs is 2. The SMILES string of the molecule is Cc1ccc2c(c1)C(=N)N(C(=N)c1ccc(C3(NC(=O)OC(C)(C)C)CCC3)cc1)c1cccnc1N2. The second-order valence-corrected chi connectivity index (χ2v) is 10.7. The molecule has 5 rings (SSSR count). The van der Waals surface area contributed by atoms with Gasteiger partial charge in [-0.1, -0.05) is 35.9 Å². The number of nitrogens with one attached hydrogen (secondary N) is 4. The van der Waals surface area contributed by atoms with Gasteiger partial charge in [-0.25, -0.2) is 9.78 Å². The molecule has 8 heteroatoms. The highest BCUT2D eigenvalue weighted by molar-refractivity contribution is 6.30. The quantitative estimate of drug-likeness (QED) is 0.254. The molecular weight excluding hydrogens is 464 g/mol.